The maximum Gasteiger partial charge on any atom is 0.323 e. The van der Waals surface area contributed by atoms with Crippen molar-refractivity contribution >= 4 is 5.97 Å². The van der Waals surface area contributed by atoms with Crippen molar-refractivity contribution in [2.24, 2.45) is 5.73 Å². The van der Waals surface area contributed by atoms with Gasteiger partial charge in [-0.2, -0.15) is 0 Å². The Kier molecular flexibility index (Phi) is 4.73. The van der Waals surface area contributed by atoms with Gasteiger partial charge in [-0.1, -0.05) is 26.0 Å². The minimum atomic E-state index is -1.24. The molecule has 1 aromatic carbocycles. The van der Waals surface area contributed by atoms with Crippen LogP contribution in [-0.2, 0) is 4.79 Å². The summed E-state index contributed by atoms with van der Waals surface area (Å²) in [7, 11) is 0. The lowest BCUT2D eigenvalue weighted by molar-refractivity contribution is -0.143. The van der Waals surface area contributed by atoms with Crippen LogP contribution < -0.4 is 10.5 Å². The van der Waals surface area contributed by atoms with E-state index in [1.54, 1.807) is 0 Å². The van der Waals surface area contributed by atoms with Gasteiger partial charge in [0.2, 0.25) is 0 Å². The van der Waals surface area contributed by atoms with Crippen LogP contribution in [0.4, 0.5) is 0 Å². The lowest BCUT2D eigenvalue weighted by atomic mass is 10.0. The molecule has 100 valence electrons. The highest BCUT2D eigenvalue weighted by Crippen LogP contribution is 2.20. The van der Waals surface area contributed by atoms with Crippen LogP contribution in [0.25, 0.3) is 0 Å². The number of benzene rings is 1. The zero-order chi connectivity index (χ0) is 13.8. The van der Waals surface area contributed by atoms with E-state index < -0.39 is 11.5 Å². The molecule has 3 N–H and O–H groups in total. The third-order valence-corrected chi connectivity index (χ3v) is 2.90. The van der Waals surface area contributed by atoms with E-state index in [4.69, 9.17) is 15.6 Å². The molecule has 0 radical (unpaired) electrons. The largest absolute Gasteiger partial charge is 0.493 e. The molecule has 0 spiro atoms. The Morgan fingerprint density at radius 1 is 1.50 bits per heavy atom. The molecule has 0 bridgehead atoms. The first-order valence-electron chi connectivity index (χ1n) is 6.08. The molecule has 0 saturated heterocycles. The van der Waals surface area contributed by atoms with Gasteiger partial charge in [0, 0.05) is 6.42 Å². The number of carboxylic acids is 1. The molecule has 0 fully saturated rings. The van der Waals surface area contributed by atoms with E-state index in [1.165, 1.54) is 12.5 Å². The Bertz CT molecular complexity index is 413. The molecule has 0 aliphatic heterocycles. The second-order valence-electron chi connectivity index (χ2n) is 5.05. The Morgan fingerprint density at radius 3 is 2.72 bits per heavy atom. The van der Waals surface area contributed by atoms with Crippen molar-refractivity contribution in [3.63, 3.8) is 0 Å². The van der Waals surface area contributed by atoms with Crippen LogP contribution >= 0.6 is 0 Å². The lowest BCUT2D eigenvalue weighted by Crippen LogP contribution is -2.45. The number of aliphatic carboxylic acids is 1. The molecule has 1 unspecified atom stereocenters. The third-order valence-electron chi connectivity index (χ3n) is 2.90. The van der Waals surface area contributed by atoms with Gasteiger partial charge in [-0.05, 0) is 30.5 Å². The summed E-state index contributed by atoms with van der Waals surface area (Å²) in [6.45, 7) is 6.01. The molecule has 1 rings (SSSR count). The normalized spacial score (nSPS) is 14.3. The minimum absolute atomic E-state index is 0.272. The second-order valence-corrected chi connectivity index (χ2v) is 5.05. The number of nitrogens with two attached hydrogens (primary N) is 1. The van der Waals surface area contributed by atoms with Gasteiger partial charge in [-0.3, -0.25) is 4.79 Å². The van der Waals surface area contributed by atoms with Crippen LogP contribution in [0.2, 0.25) is 0 Å². The minimum Gasteiger partial charge on any atom is -0.493 e. The zero-order valence-electron chi connectivity index (χ0n) is 11.1. The molecule has 4 heteroatoms. The van der Waals surface area contributed by atoms with Gasteiger partial charge in [0.1, 0.15) is 11.3 Å². The molecular formula is C14H21NO3. The summed E-state index contributed by atoms with van der Waals surface area (Å²) in [6, 6.07) is 7.81. The second kappa shape index (κ2) is 5.87. The Hall–Kier alpha value is -1.55. The fraction of sp³-hybridized carbons (Fsp3) is 0.500. The summed E-state index contributed by atoms with van der Waals surface area (Å²) in [6.07, 6.45) is 0.272. The summed E-state index contributed by atoms with van der Waals surface area (Å²) < 4.78 is 5.54. The van der Waals surface area contributed by atoms with E-state index in [1.807, 2.05) is 24.3 Å². The molecule has 4 nitrogen and oxygen atoms in total. The standard InChI is InChI=1S/C14H21NO3/c1-10(2)11-5-4-6-12(9-11)18-8-7-14(3,15)13(16)17/h4-6,9-10H,7-8,15H2,1-3H3,(H,16,17). The van der Waals surface area contributed by atoms with E-state index in [2.05, 4.69) is 13.8 Å². The van der Waals surface area contributed by atoms with E-state index in [9.17, 15) is 4.79 Å². The summed E-state index contributed by atoms with van der Waals surface area (Å²) in [5.41, 5.74) is 5.58. The van der Waals surface area contributed by atoms with Crippen LogP contribution in [0.5, 0.6) is 5.75 Å². The lowest BCUT2D eigenvalue weighted by Gasteiger charge is -2.19. The Morgan fingerprint density at radius 2 is 2.17 bits per heavy atom. The molecule has 1 aromatic rings. The number of rotatable bonds is 6. The quantitative estimate of drug-likeness (QED) is 0.814. The van der Waals surface area contributed by atoms with E-state index >= 15 is 0 Å². The van der Waals surface area contributed by atoms with E-state index in [0.29, 0.717) is 12.5 Å². The van der Waals surface area contributed by atoms with Gasteiger partial charge >= 0.3 is 5.97 Å². The Labute approximate surface area is 108 Å². The third kappa shape index (κ3) is 4.04. The van der Waals surface area contributed by atoms with Gasteiger partial charge in [-0.15, -0.1) is 0 Å². The fourth-order valence-corrected chi connectivity index (χ4v) is 1.45. The van der Waals surface area contributed by atoms with Crippen LogP contribution in [0.15, 0.2) is 24.3 Å². The Balaban J connectivity index is 2.54. The van der Waals surface area contributed by atoms with Gasteiger partial charge in [0.15, 0.2) is 0 Å². The monoisotopic (exact) mass is 251 g/mol. The number of hydrogen-bond acceptors (Lipinski definition) is 3. The molecule has 1 atom stereocenters. The zero-order valence-corrected chi connectivity index (χ0v) is 11.1. The highest BCUT2D eigenvalue weighted by Gasteiger charge is 2.27. The molecule has 0 saturated carbocycles. The summed E-state index contributed by atoms with van der Waals surface area (Å²) in [4.78, 5) is 10.8. The summed E-state index contributed by atoms with van der Waals surface area (Å²) >= 11 is 0. The van der Waals surface area contributed by atoms with Crippen LogP contribution in [0, 0.1) is 0 Å². The predicted octanol–water partition coefficient (Wildman–Crippen LogP) is 2.38. The maximum atomic E-state index is 10.8. The van der Waals surface area contributed by atoms with Gasteiger partial charge in [0.05, 0.1) is 6.61 Å². The molecule has 0 heterocycles. The van der Waals surface area contributed by atoms with Crippen molar-refractivity contribution in [1.29, 1.82) is 0 Å². The average Bonchev–Trinajstić information content (AvgIpc) is 2.29. The first-order chi connectivity index (χ1) is 8.33. The summed E-state index contributed by atoms with van der Waals surface area (Å²) in [5, 5.41) is 8.87. The maximum absolute atomic E-state index is 10.8. The van der Waals surface area contributed by atoms with Crippen molar-refractivity contribution < 1.29 is 14.6 Å². The number of hydrogen-bond donors (Lipinski definition) is 2. The predicted molar refractivity (Wildman–Crippen MR) is 70.9 cm³/mol. The average molecular weight is 251 g/mol. The van der Waals surface area contributed by atoms with E-state index in [-0.39, 0.29) is 6.42 Å². The number of carbonyl (C=O) groups is 1. The van der Waals surface area contributed by atoms with Crippen molar-refractivity contribution in [2.75, 3.05) is 6.61 Å². The fourth-order valence-electron chi connectivity index (χ4n) is 1.45. The molecule has 0 amide bonds. The highest BCUT2D eigenvalue weighted by atomic mass is 16.5. The van der Waals surface area contributed by atoms with Gasteiger partial charge in [0.25, 0.3) is 0 Å². The van der Waals surface area contributed by atoms with Gasteiger partial charge in [-0.25, -0.2) is 0 Å². The molecule has 0 aromatic heterocycles. The van der Waals surface area contributed by atoms with Crippen molar-refractivity contribution in [3.05, 3.63) is 29.8 Å². The van der Waals surface area contributed by atoms with Crippen molar-refractivity contribution in [3.8, 4) is 5.75 Å². The highest BCUT2D eigenvalue weighted by molar-refractivity contribution is 5.77. The topological polar surface area (TPSA) is 72.5 Å². The SMILES string of the molecule is CC(C)c1cccc(OCCC(C)(N)C(=O)O)c1. The van der Waals surface area contributed by atoms with E-state index in [0.717, 1.165) is 5.75 Å². The molecule has 0 aliphatic rings. The molecular weight excluding hydrogens is 230 g/mol. The molecule has 18 heavy (non-hydrogen) atoms. The molecule has 0 aliphatic carbocycles. The van der Waals surface area contributed by atoms with Crippen LogP contribution in [0.1, 0.15) is 38.7 Å². The van der Waals surface area contributed by atoms with Crippen molar-refractivity contribution in [2.45, 2.75) is 38.6 Å². The van der Waals surface area contributed by atoms with Crippen LogP contribution in [0.3, 0.4) is 0 Å². The first-order valence-corrected chi connectivity index (χ1v) is 6.08. The summed E-state index contributed by atoms with van der Waals surface area (Å²) in [5.74, 6) is 0.178. The number of carboxylic acid groups (broad SMARTS) is 1. The smallest absolute Gasteiger partial charge is 0.323 e. The van der Waals surface area contributed by atoms with Gasteiger partial charge < -0.3 is 15.6 Å². The van der Waals surface area contributed by atoms with Crippen LogP contribution in [-0.4, -0.2) is 23.2 Å². The van der Waals surface area contributed by atoms with Crippen molar-refractivity contribution in [1.82, 2.24) is 0 Å². The number of ether oxygens (including phenoxy) is 1. The first kappa shape index (κ1) is 14.5.